The molecule has 11 rings (SSSR count). The molecule has 0 bridgehead atoms. The van der Waals surface area contributed by atoms with Crippen molar-refractivity contribution in [2.75, 3.05) is 0 Å². The maximum absolute atomic E-state index is 5.29. The van der Waals surface area contributed by atoms with Crippen LogP contribution in [0.5, 0.6) is 0 Å². The summed E-state index contributed by atoms with van der Waals surface area (Å²) < 4.78 is 2.61. The van der Waals surface area contributed by atoms with Crippen molar-refractivity contribution < 1.29 is 0 Å². The molecular weight excluding hydrogens is 709 g/mol. The third-order valence-electron chi connectivity index (χ3n) is 11.8. The maximum atomic E-state index is 5.29. The molecule has 2 aromatic heterocycles. The van der Waals surface area contributed by atoms with Crippen LogP contribution in [0.25, 0.3) is 87.5 Å². The lowest BCUT2D eigenvalue weighted by Gasteiger charge is -2.28. The number of benzene rings is 8. The quantitative estimate of drug-likeness (QED) is 0.169. The number of aromatic nitrogens is 2. The summed E-state index contributed by atoms with van der Waals surface area (Å²) in [6, 6.07) is 72.2. The number of nitrogens with zero attached hydrogens (tertiary/aromatic N) is 2. The Hall–Kier alpha value is -6.94. The lowest BCUT2D eigenvalue weighted by atomic mass is 9.73. The molecule has 8 aromatic carbocycles. The van der Waals surface area contributed by atoms with Gasteiger partial charge in [-0.2, -0.15) is 0 Å². The second-order valence-corrected chi connectivity index (χ2v) is 16.1. The van der Waals surface area contributed by atoms with Crippen LogP contribution >= 0.6 is 11.3 Å². The fraction of sp³-hybridized carbons (Fsp3) is 0.0370. The standard InChI is InChI=1S/C54H36N2S/c1-54(41-21-9-4-10-22-41)46-25-14-24-42(35-15-5-2-6-16-35)52(46)45-30-28-40(32-47(45)54)49-34-48(55-53(56-49)36-17-7-3-8-18-36)39-20-13-19-37(31-39)38-27-29-44-43-23-11-12-26-50(43)57-51(44)33-38/h2-34H,1H3. The van der Waals surface area contributed by atoms with Crippen LogP contribution in [0.2, 0.25) is 0 Å². The molecule has 2 nitrogen and oxygen atoms in total. The predicted octanol–water partition coefficient (Wildman–Crippen LogP) is 14.5. The van der Waals surface area contributed by atoms with E-state index in [1.807, 2.05) is 17.4 Å². The minimum absolute atomic E-state index is 0.366. The summed E-state index contributed by atoms with van der Waals surface area (Å²) in [6.45, 7) is 2.38. The molecular formula is C54H36N2S. The molecule has 10 aromatic rings. The molecule has 1 unspecified atom stereocenters. The van der Waals surface area contributed by atoms with E-state index >= 15 is 0 Å². The minimum atomic E-state index is -0.366. The van der Waals surface area contributed by atoms with E-state index < -0.39 is 0 Å². The van der Waals surface area contributed by atoms with E-state index in [-0.39, 0.29) is 5.41 Å². The zero-order valence-electron chi connectivity index (χ0n) is 31.4. The molecule has 1 aliphatic rings. The van der Waals surface area contributed by atoms with Crippen molar-refractivity contribution in [3.8, 4) is 67.3 Å². The molecule has 2 heterocycles. The fourth-order valence-corrected chi connectivity index (χ4v) is 10.0. The third-order valence-corrected chi connectivity index (χ3v) is 12.9. The largest absolute Gasteiger partial charge is 0.228 e. The molecule has 0 N–H and O–H groups in total. The van der Waals surface area contributed by atoms with Crippen molar-refractivity contribution >= 4 is 31.5 Å². The number of fused-ring (bicyclic) bond motifs is 6. The molecule has 3 heteroatoms. The molecule has 268 valence electrons. The van der Waals surface area contributed by atoms with Crippen LogP contribution < -0.4 is 0 Å². The van der Waals surface area contributed by atoms with E-state index in [9.17, 15) is 0 Å². The smallest absolute Gasteiger partial charge is 0.160 e. The van der Waals surface area contributed by atoms with Gasteiger partial charge in [-0.3, -0.25) is 0 Å². The number of hydrogen-bond donors (Lipinski definition) is 0. The maximum Gasteiger partial charge on any atom is 0.160 e. The number of thiophene rings is 1. The summed E-state index contributed by atoms with van der Waals surface area (Å²) in [5.41, 5.74) is 15.8. The Morgan fingerprint density at radius 2 is 0.982 bits per heavy atom. The molecule has 0 radical (unpaired) electrons. The second-order valence-electron chi connectivity index (χ2n) is 15.1. The predicted molar refractivity (Wildman–Crippen MR) is 240 cm³/mol. The Morgan fingerprint density at radius 3 is 1.77 bits per heavy atom. The van der Waals surface area contributed by atoms with Crippen LogP contribution in [-0.2, 0) is 5.41 Å². The van der Waals surface area contributed by atoms with E-state index in [2.05, 4.69) is 201 Å². The van der Waals surface area contributed by atoms with Crippen molar-refractivity contribution in [2.24, 2.45) is 0 Å². The summed E-state index contributed by atoms with van der Waals surface area (Å²) >= 11 is 1.85. The van der Waals surface area contributed by atoms with Crippen molar-refractivity contribution in [1.82, 2.24) is 9.97 Å². The molecule has 1 aliphatic carbocycles. The molecule has 0 fully saturated rings. The molecule has 0 saturated heterocycles. The summed E-state index contributed by atoms with van der Waals surface area (Å²) in [6.07, 6.45) is 0. The zero-order chi connectivity index (χ0) is 37.9. The normalized spacial score (nSPS) is 14.5. The van der Waals surface area contributed by atoms with Crippen LogP contribution in [-0.4, -0.2) is 9.97 Å². The van der Waals surface area contributed by atoms with Gasteiger partial charge in [-0.25, -0.2) is 9.97 Å². The fourth-order valence-electron chi connectivity index (χ4n) is 8.90. The van der Waals surface area contributed by atoms with Gasteiger partial charge in [0.25, 0.3) is 0 Å². The summed E-state index contributed by atoms with van der Waals surface area (Å²) in [4.78, 5) is 10.5. The van der Waals surface area contributed by atoms with Crippen LogP contribution in [0.1, 0.15) is 23.6 Å². The Morgan fingerprint density at radius 1 is 0.386 bits per heavy atom. The minimum Gasteiger partial charge on any atom is -0.228 e. The van der Waals surface area contributed by atoms with E-state index in [1.165, 1.54) is 64.7 Å². The van der Waals surface area contributed by atoms with Crippen LogP contribution in [0.3, 0.4) is 0 Å². The Balaban J connectivity index is 1.07. The highest BCUT2D eigenvalue weighted by molar-refractivity contribution is 7.25. The Labute approximate surface area is 336 Å². The topological polar surface area (TPSA) is 25.8 Å². The van der Waals surface area contributed by atoms with Gasteiger partial charge in [0.15, 0.2) is 5.82 Å². The first-order valence-corrected chi connectivity index (χ1v) is 20.3. The summed E-state index contributed by atoms with van der Waals surface area (Å²) in [5, 5.41) is 2.62. The average Bonchev–Trinajstić information content (AvgIpc) is 3.79. The number of hydrogen-bond acceptors (Lipinski definition) is 3. The second kappa shape index (κ2) is 13.4. The van der Waals surface area contributed by atoms with E-state index in [4.69, 9.17) is 9.97 Å². The van der Waals surface area contributed by atoms with E-state index in [0.717, 1.165) is 33.6 Å². The highest BCUT2D eigenvalue weighted by Gasteiger charge is 2.42. The molecule has 0 saturated carbocycles. The Bertz CT molecular complexity index is 3130. The molecule has 0 amide bonds. The first-order valence-electron chi connectivity index (χ1n) is 19.5. The first kappa shape index (κ1) is 33.4. The van der Waals surface area contributed by atoms with Crippen molar-refractivity contribution in [3.63, 3.8) is 0 Å². The van der Waals surface area contributed by atoms with Gasteiger partial charge in [-0.05, 0) is 87.3 Å². The average molecular weight is 745 g/mol. The third kappa shape index (κ3) is 5.54. The lowest BCUT2D eigenvalue weighted by molar-refractivity contribution is 0.714. The van der Waals surface area contributed by atoms with Gasteiger partial charge in [0.1, 0.15) is 0 Å². The zero-order valence-corrected chi connectivity index (χ0v) is 32.2. The SMILES string of the molecule is CC1(c2ccccc2)c2cc(-c3cc(-c4cccc(-c5ccc6c(c5)sc5ccccc56)c4)nc(-c4ccccc4)n3)ccc2-c2c(-c3ccccc3)cccc21. The van der Waals surface area contributed by atoms with E-state index in [1.54, 1.807) is 0 Å². The van der Waals surface area contributed by atoms with Gasteiger partial charge in [0.05, 0.1) is 11.4 Å². The van der Waals surface area contributed by atoms with Crippen molar-refractivity contribution in [1.29, 1.82) is 0 Å². The highest BCUT2D eigenvalue weighted by atomic mass is 32.1. The highest BCUT2D eigenvalue weighted by Crippen LogP contribution is 2.55. The molecule has 1 atom stereocenters. The first-order chi connectivity index (χ1) is 28.1. The van der Waals surface area contributed by atoms with E-state index in [0.29, 0.717) is 5.82 Å². The molecule has 0 spiro atoms. The Kier molecular flexibility index (Phi) is 7.84. The van der Waals surface area contributed by atoms with Crippen LogP contribution in [0.4, 0.5) is 0 Å². The van der Waals surface area contributed by atoms with Crippen LogP contribution in [0.15, 0.2) is 200 Å². The van der Waals surface area contributed by atoms with Crippen LogP contribution in [0, 0.1) is 0 Å². The number of rotatable bonds is 6. The van der Waals surface area contributed by atoms with Gasteiger partial charge >= 0.3 is 0 Å². The van der Waals surface area contributed by atoms with Crippen molar-refractivity contribution in [2.45, 2.75) is 12.3 Å². The summed E-state index contributed by atoms with van der Waals surface area (Å²) in [5.74, 6) is 0.709. The summed E-state index contributed by atoms with van der Waals surface area (Å²) in [7, 11) is 0. The molecule has 57 heavy (non-hydrogen) atoms. The van der Waals surface area contributed by atoms with Crippen molar-refractivity contribution in [3.05, 3.63) is 217 Å². The molecule has 0 aliphatic heterocycles. The van der Waals surface area contributed by atoms with Gasteiger partial charge in [0, 0.05) is 42.3 Å². The van der Waals surface area contributed by atoms with Gasteiger partial charge < -0.3 is 0 Å². The lowest BCUT2D eigenvalue weighted by Crippen LogP contribution is -2.22. The van der Waals surface area contributed by atoms with Gasteiger partial charge in [-0.1, -0.05) is 170 Å². The van der Waals surface area contributed by atoms with Gasteiger partial charge in [0.2, 0.25) is 0 Å². The monoisotopic (exact) mass is 744 g/mol. The van der Waals surface area contributed by atoms with Gasteiger partial charge in [-0.15, -0.1) is 11.3 Å².